The first-order valence-electron chi connectivity index (χ1n) is 6.53. The van der Waals surface area contributed by atoms with Gasteiger partial charge in [0, 0.05) is 23.5 Å². The van der Waals surface area contributed by atoms with Crippen LogP contribution in [0.5, 0.6) is 0 Å². The molecule has 2 aromatic rings. The van der Waals surface area contributed by atoms with Crippen molar-refractivity contribution < 1.29 is 9.21 Å². The molecule has 6 heteroatoms. The molecule has 1 amide bonds. The number of oxazole rings is 1. The third-order valence-corrected chi connectivity index (χ3v) is 3.77. The van der Waals surface area contributed by atoms with Crippen LogP contribution in [0.25, 0.3) is 11.5 Å². The van der Waals surface area contributed by atoms with Gasteiger partial charge in [-0.2, -0.15) is 11.3 Å². The lowest BCUT2D eigenvalue weighted by Crippen LogP contribution is -2.37. The average Bonchev–Trinajstić information content (AvgIpc) is 3.06. The van der Waals surface area contributed by atoms with E-state index in [-0.39, 0.29) is 18.4 Å². The summed E-state index contributed by atoms with van der Waals surface area (Å²) in [6, 6.07) is 2.20. The molecule has 0 aliphatic carbocycles. The van der Waals surface area contributed by atoms with Gasteiger partial charge in [0.15, 0.2) is 0 Å². The van der Waals surface area contributed by atoms with Gasteiger partial charge < -0.3 is 15.1 Å². The number of hydrogen-bond donors (Lipinski definition) is 2. The molecule has 0 fully saturated rings. The molecule has 2 aromatic heterocycles. The molecular weight excluding hydrogens is 274 g/mol. The number of nitrogens with zero attached hydrogens (tertiary/aromatic N) is 1. The number of likely N-dealkylation sites (N-methyl/N-ethyl adjacent to an activating group) is 1. The van der Waals surface area contributed by atoms with Crippen molar-refractivity contribution in [3.8, 4) is 11.5 Å². The van der Waals surface area contributed by atoms with E-state index >= 15 is 0 Å². The van der Waals surface area contributed by atoms with Gasteiger partial charge in [-0.3, -0.25) is 4.79 Å². The highest BCUT2D eigenvalue weighted by Crippen LogP contribution is 2.23. The van der Waals surface area contributed by atoms with Crippen molar-refractivity contribution in [2.24, 2.45) is 0 Å². The summed E-state index contributed by atoms with van der Waals surface area (Å²) < 4.78 is 5.61. The summed E-state index contributed by atoms with van der Waals surface area (Å²) in [5.74, 6) is 1.23. The second kappa shape index (κ2) is 6.67. The maximum absolute atomic E-state index is 11.9. The molecule has 2 N–H and O–H groups in total. The van der Waals surface area contributed by atoms with Crippen LogP contribution < -0.4 is 10.6 Å². The molecule has 2 rings (SSSR count). The SMILES string of the molecule is CNC(C)CNC(=O)Cc1nc(-c2ccsc2)oc1C. The molecule has 1 atom stereocenters. The second-order valence-corrected chi connectivity index (χ2v) is 5.48. The molecule has 5 nitrogen and oxygen atoms in total. The first-order chi connectivity index (χ1) is 9.60. The van der Waals surface area contributed by atoms with Gasteiger partial charge in [0.25, 0.3) is 0 Å². The number of carbonyl (C=O) groups is 1. The van der Waals surface area contributed by atoms with Crippen LogP contribution in [0.4, 0.5) is 0 Å². The Bertz CT molecular complexity index is 563. The number of aromatic nitrogens is 1. The van der Waals surface area contributed by atoms with Gasteiger partial charge in [0.1, 0.15) is 5.76 Å². The Balaban J connectivity index is 1.98. The van der Waals surface area contributed by atoms with Crippen LogP contribution in [-0.2, 0) is 11.2 Å². The van der Waals surface area contributed by atoms with Crippen LogP contribution >= 0.6 is 11.3 Å². The molecule has 0 aliphatic rings. The molecular formula is C14H19N3O2S. The Labute approximate surface area is 122 Å². The zero-order chi connectivity index (χ0) is 14.5. The normalized spacial score (nSPS) is 12.3. The molecule has 0 saturated heterocycles. The van der Waals surface area contributed by atoms with Crippen molar-refractivity contribution in [2.75, 3.05) is 13.6 Å². The smallest absolute Gasteiger partial charge is 0.227 e. The lowest BCUT2D eigenvalue weighted by atomic mass is 10.2. The maximum Gasteiger partial charge on any atom is 0.227 e. The number of rotatable bonds is 6. The lowest BCUT2D eigenvalue weighted by Gasteiger charge is -2.10. The summed E-state index contributed by atoms with van der Waals surface area (Å²) in [6.45, 7) is 4.45. The topological polar surface area (TPSA) is 67.2 Å². The van der Waals surface area contributed by atoms with E-state index in [0.717, 1.165) is 5.56 Å². The fourth-order valence-electron chi connectivity index (χ4n) is 1.69. The van der Waals surface area contributed by atoms with Gasteiger partial charge in [-0.1, -0.05) is 0 Å². The van der Waals surface area contributed by atoms with Gasteiger partial charge >= 0.3 is 0 Å². The summed E-state index contributed by atoms with van der Waals surface area (Å²) in [7, 11) is 1.87. The predicted octanol–water partition coefficient (Wildman–Crippen LogP) is 1.98. The molecule has 0 bridgehead atoms. The summed E-state index contributed by atoms with van der Waals surface area (Å²) in [4.78, 5) is 16.3. The van der Waals surface area contributed by atoms with Crippen molar-refractivity contribution in [1.82, 2.24) is 15.6 Å². The van der Waals surface area contributed by atoms with Gasteiger partial charge in [0.05, 0.1) is 12.1 Å². The zero-order valence-electron chi connectivity index (χ0n) is 11.9. The van der Waals surface area contributed by atoms with Crippen LogP contribution in [0.15, 0.2) is 21.2 Å². The first-order valence-corrected chi connectivity index (χ1v) is 7.47. The first kappa shape index (κ1) is 14.7. The highest BCUT2D eigenvalue weighted by atomic mass is 32.1. The Morgan fingerprint density at radius 3 is 3.00 bits per heavy atom. The van der Waals surface area contributed by atoms with Crippen molar-refractivity contribution in [2.45, 2.75) is 26.3 Å². The van der Waals surface area contributed by atoms with Crippen LogP contribution in [-0.4, -0.2) is 30.5 Å². The van der Waals surface area contributed by atoms with Crippen molar-refractivity contribution in [3.63, 3.8) is 0 Å². The van der Waals surface area contributed by atoms with Gasteiger partial charge in [0.2, 0.25) is 11.8 Å². The summed E-state index contributed by atoms with van der Waals surface area (Å²) in [5, 5.41) is 9.89. The fourth-order valence-corrected chi connectivity index (χ4v) is 2.31. The van der Waals surface area contributed by atoms with Crippen LogP contribution in [0, 0.1) is 6.92 Å². The summed E-state index contributed by atoms with van der Waals surface area (Å²) in [5.41, 5.74) is 1.65. The van der Waals surface area contributed by atoms with Gasteiger partial charge in [-0.25, -0.2) is 4.98 Å². The Kier molecular flexibility index (Phi) is 4.92. The van der Waals surface area contributed by atoms with E-state index in [1.807, 2.05) is 37.7 Å². The third kappa shape index (κ3) is 3.68. The largest absolute Gasteiger partial charge is 0.441 e. The third-order valence-electron chi connectivity index (χ3n) is 3.09. The molecule has 20 heavy (non-hydrogen) atoms. The molecule has 0 aliphatic heterocycles. The standard InChI is InChI=1S/C14H19N3O2S/c1-9(15-3)7-16-13(18)6-12-10(2)19-14(17-12)11-4-5-20-8-11/h4-5,8-9,15H,6-7H2,1-3H3,(H,16,18). The number of aryl methyl sites for hydroxylation is 1. The minimum Gasteiger partial charge on any atom is -0.441 e. The van der Waals surface area contributed by atoms with Crippen LogP contribution in [0.3, 0.4) is 0 Å². The molecule has 2 heterocycles. The number of nitrogens with one attached hydrogen (secondary N) is 2. The number of carbonyl (C=O) groups excluding carboxylic acids is 1. The average molecular weight is 293 g/mol. The highest BCUT2D eigenvalue weighted by molar-refractivity contribution is 7.08. The minimum atomic E-state index is -0.0413. The van der Waals surface area contributed by atoms with Crippen molar-refractivity contribution in [1.29, 1.82) is 0 Å². The van der Waals surface area contributed by atoms with Crippen LogP contribution in [0.2, 0.25) is 0 Å². The van der Waals surface area contributed by atoms with E-state index in [1.165, 1.54) is 0 Å². The summed E-state index contributed by atoms with van der Waals surface area (Å²) >= 11 is 1.59. The fraction of sp³-hybridized carbons (Fsp3) is 0.429. The molecule has 108 valence electrons. The molecule has 1 unspecified atom stereocenters. The predicted molar refractivity (Wildman–Crippen MR) is 79.8 cm³/mol. The van der Waals surface area contributed by atoms with Crippen molar-refractivity contribution >= 4 is 17.2 Å². The van der Waals surface area contributed by atoms with Crippen molar-refractivity contribution in [3.05, 3.63) is 28.3 Å². The Morgan fingerprint density at radius 2 is 2.35 bits per heavy atom. The van der Waals surface area contributed by atoms with Crippen LogP contribution in [0.1, 0.15) is 18.4 Å². The van der Waals surface area contributed by atoms with E-state index in [2.05, 4.69) is 15.6 Å². The molecule has 0 spiro atoms. The molecule has 0 aromatic carbocycles. The van der Waals surface area contributed by atoms with E-state index in [9.17, 15) is 4.79 Å². The van der Waals surface area contributed by atoms with Gasteiger partial charge in [-0.15, -0.1) is 0 Å². The quantitative estimate of drug-likeness (QED) is 0.854. The van der Waals surface area contributed by atoms with E-state index in [0.29, 0.717) is 23.9 Å². The maximum atomic E-state index is 11.9. The second-order valence-electron chi connectivity index (χ2n) is 4.70. The summed E-state index contributed by atoms with van der Waals surface area (Å²) in [6.07, 6.45) is 0.246. The molecule has 0 radical (unpaired) electrons. The monoisotopic (exact) mass is 293 g/mol. The van der Waals surface area contributed by atoms with E-state index < -0.39 is 0 Å². The van der Waals surface area contributed by atoms with E-state index in [4.69, 9.17) is 4.42 Å². The Hall–Kier alpha value is -1.66. The molecule has 0 saturated carbocycles. The Morgan fingerprint density at radius 1 is 1.55 bits per heavy atom. The number of hydrogen-bond acceptors (Lipinski definition) is 5. The zero-order valence-corrected chi connectivity index (χ0v) is 12.7. The number of amides is 1. The van der Waals surface area contributed by atoms with E-state index in [1.54, 1.807) is 11.3 Å². The van der Waals surface area contributed by atoms with Gasteiger partial charge in [-0.05, 0) is 32.3 Å². The minimum absolute atomic E-state index is 0.0413. The lowest BCUT2D eigenvalue weighted by molar-refractivity contribution is -0.120. The number of thiophene rings is 1. The highest BCUT2D eigenvalue weighted by Gasteiger charge is 2.15.